The fraction of sp³-hybridized carbons (Fsp3) is 0.261. The molecule has 1 fully saturated rings. The van der Waals surface area contributed by atoms with Crippen molar-refractivity contribution in [2.45, 2.75) is 25.7 Å². The van der Waals surface area contributed by atoms with Gasteiger partial charge in [0.2, 0.25) is 0 Å². The van der Waals surface area contributed by atoms with Crippen molar-refractivity contribution in [2.75, 3.05) is 13.1 Å². The molecule has 0 radical (unpaired) electrons. The summed E-state index contributed by atoms with van der Waals surface area (Å²) in [5.41, 5.74) is 5.79. The Morgan fingerprint density at radius 2 is 2.03 bits per heavy atom. The quantitative estimate of drug-likeness (QED) is 0.578. The van der Waals surface area contributed by atoms with Crippen LogP contribution in [0.1, 0.15) is 40.5 Å². The van der Waals surface area contributed by atoms with Crippen LogP contribution in [0.4, 0.5) is 0 Å². The van der Waals surface area contributed by atoms with Gasteiger partial charge < -0.3 is 9.30 Å². The topological polar surface area (TPSA) is 66.3 Å². The number of piperidine rings is 1. The highest BCUT2D eigenvalue weighted by molar-refractivity contribution is 5.93. The third kappa shape index (κ3) is 3.20. The molecule has 1 amide bonds. The second-order valence-corrected chi connectivity index (χ2v) is 7.70. The predicted octanol–water partition coefficient (Wildman–Crippen LogP) is 4.05. The predicted molar refractivity (Wildman–Crippen MR) is 112 cm³/mol. The maximum Gasteiger partial charge on any atom is 0.274 e. The zero-order chi connectivity index (χ0) is 19.8. The van der Waals surface area contributed by atoms with Crippen molar-refractivity contribution < 1.29 is 4.79 Å². The molecule has 1 aliphatic heterocycles. The zero-order valence-corrected chi connectivity index (χ0v) is 16.4. The summed E-state index contributed by atoms with van der Waals surface area (Å²) in [5, 5.41) is 7.49. The molecule has 0 spiro atoms. The molecule has 1 aromatic carbocycles. The smallest absolute Gasteiger partial charge is 0.274 e. The van der Waals surface area contributed by atoms with Gasteiger partial charge in [-0.1, -0.05) is 36.4 Å². The van der Waals surface area contributed by atoms with Gasteiger partial charge in [-0.05, 0) is 37.0 Å². The van der Waals surface area contributed by atoms with Crippen LogP contribution < -0.4 is 0 Å². The molecule has 5 rings (SSSR count). The van der Waals surface area contributed by atoms with E-state index in [9.17, 15) is 4.79 Å². The standard InChI is InChI=1S/C23H23N5O/c1-16-7-5-11-27-15-20(25-22(16)27)23(29)28-12-6-10-18(14-28)21-19(13-24-26-21)17-8-3-2-4-9-17/h2-5,7-9,11,13,15,18H,6,10,12,14H2,1H3,(H,24,26)/t18-/m0/s1. The molecule has 0 bridgehead atoms. The molecular formula is C23H23N5O. The van der Waals surface area contributed by atoms with Crippen LogP contribution in [0.2, 0.25) is 0 Å². The number of carbonyl (C=O) groups excluding carboxylic acids is 1. The molecule has 0 aliphatic carbocycles. The molecule has 0 unspecified atom stereocenters. The normalized spacial score (nSPS) is 17.0. The van der Waals surface area contributed by atoms with Crippen LogP contribution in [0, 0.1) is 6.92 Å². The number of aryl methyl sites for hydroxylation is 1. The number of benzene rings is 1. The number of H-pyrrole nitrogens is 1. The fourth-order valence-electron chi connectivity index (χ4n) is 4.27. The lowest BCUT2D eigenvalue weighted by Crippen LogP contribution is -2.39. The first-order valence-electron chi connectivity index (χ1n) is 10.0. The highest BCUT2D eigenvalue weighted by atomic mass is 16.2. The van der Waals surface area contributed by atoms with Gasteiger partial charge in [-0.2, -0.15) is 5.10 Å². The van der Waals surface area contributed by atoms with Crippen LogP contribution in [0.5, 0.6) is 0 Å². The van der Waals surface area contributed by atoms with Crippen molar-refractivity contribution in [1.82, 2.24) is 24.5 Å². The number of fused-ring (bicyclic) bond motifs is 1. The lowest BCUT2D eigenvalue weighted by atomic mass is 9.90. The summed E-state index contributed by atoms with van der Waals surface area (Å²) in [6, 6.07) is 14.3. The van der Waals surface area contributed by atoms with Crippen LogP contribution in [-0.4, -0.2) is 43.5 Å². The van der Waals surface area contributed by atoms with E-state index in [1.54, 1.807) is 0 Å². The van der Waals surface area contributed by atoms with Gasteiger partial charge in [0, 0.05) is 42.7 Å². The number of hydrogen-bond donors (Lipinski definition) is 1. The Balaban J connectivity index is 1.40. The number of nitrogens with one attached hydrogen (secondary N) is 1. The van der Waals surface area contributed by atoms with E-state index in [1.807, 2.05) is 65.1 Å². The number of aromatic amines is 1. The Hall–Kier alpha value is -3.41. The van der Waals surface area contributed by atoms with Crippen molar-refractivity contribution in [3.8, 4) is 11.1 Å². The number of hydrogen-bond acceptors (Lipinski definition) is 3. The largest absolute Gasteiger partial charge is 0.337 e. The van der Waals surface area contributed by atoms with Crippen LogP contribution in [0.15, 0.2) is 61.1 Å². The third-order valence-corrected chi connectivity index (χ3v) is 5.77. The van der Waals surface area contributed by atoms with Crippen molar-refractivity contribution in [3.05, 3.63) is 78.0 Å². The maximum absolute atomic E-state index is 13.2. The first-order valence-corrected chi connectivity index (χ1v) is 10.0. The monoisotopic (exact) mass is 385 g/mol. The molecule has 6 heteroatoms. The second kappa shape index (κ2) is 7.20. The Bertz CT molecular complexity index is 1160. The van der Waals surface area contributed by atoms with Crippen molar-refractivity contribution in [1.29, 1.82) is 0 Å². The summed E-state index contributed by atoms with van der Waals surface area (Å²) < 4.78 is 1.92. The SMILES string of the molecule is Cc1cccn2cc(C(=O)N3CCC[C@H](c4[nH]ncc4-c4ccccc4)C3)nc12. The first kappa shape index (κ1) is 17.7. The van der Waals surface area contributed by atoms with Gasteiger partial charge in [-0.15, -0.1) is 0 Å². The van der Waals surface area contributed by atoms with Gasteiger partial charge in [0.25, 0.3) is 5.91 Å². The second-order valence-electron chi connectivity index (χ2n) is 7.70. The van der Waals surface area contributed by atoms with Crippen LogP contribution >= 0.6 is 0 Å². The fourth-order valence-corrected chi connectivity index (χ4v) is 4.27. The van der Waals surface area contributed by atoms with E-state index in [0.717, 1.165) is 47.4 Å². The minimum absolute atomic E-state index is 0.00132. The van der Waals surface area contributed by atoms with Crippen LogP contribution in [0.25, 0.3) is 16.8 Å². The van der Waals surface area contributed by atoms with E-state index in [1.165, 1.54) is 0 Å². The summed E-state index contributed by atoms with van der Waals surface area (Å²) in [6.07, 6.45) is 7.66. The molecule has 1 saturated heterocycles. The van der Waals surface area contributed by atoms with E-state index in [0.29, 0.717) is 12.2 Å². The maximum atomic E-state index is 13.2. The highest BCUT2D eigenvalue weighted by Crippen LogP contribution is 2.33. The summed E-state index contributed by atoms with van der Waals surface area (Å²) in [5.74, 6) is 0.239. The minimum Gasteiger partial charge on any atom is -0.337 e. The van der Waals surface area contributed by atoms with Crippen LogP contribution in [-0.2, 0) is 0 Å². The van der Waals surface area contributed by atoms with E-state index in [2.05, 4.69) is 27.3 Å². The molecule has 4 aromatic rings. The number of carbonyl (C=O) groups is 1. The Morgan fingerprint density at radius 1 is 1.17 bits per heavy atom. The molecule has 29 heavy (non-hydrogen) atoms. The molecule has 3 aromatic heterocycles. The average molecular weight is 385 g/mol. The minimum atomic E-state index is -0.00132. The molecule has 6 nitrogen and oxygen atoms in total. The van der Waals surface area contributed by atoms with Gasteiger partial charge >= 0.3 is 0 Å². The average Bonchev–Trinajstić information content (AvgIpc) is 3.42. The van der Waals surface area contributed by atoms with Gasteiger partial charge in [0.1, 0.15) is 11.3 Å². The van der Waals surface area contributed by atoms with Gasteiger partial charge in [-0.3, -0.25) is 9.89 Å². The zero-order valence-electron chi connectivity index (χ0n) is 16.4. The summed E-state index contributed by atoms with van der Waals surface area (Å²) in [6.45, 7) is 3.45. The first-order chi connectivity index (χ1) is 14.2. The molecule has 1 N–H and O–H groups in total. The van der Waals surface area contributed by atoms with Crippen molar-refractivity contribution in [2.24, 2.45) is 0 Å². The van der Waals surface area contributed by atoms with Crippen LogP contribution in [0.3, 0.4) is 0 Å². The molecule has 146 valence electrons. The van der Waals surface area contributed by atoms with Crippen molar-refractivity contribution >= 4 is 11.6 Å². The van der Waals surface area contributed by atoms with Gasteiger partial charge in [0.15, 0.2) is 0 Å². The molecule has 1 aliphatic rings. The lowest BCUT2D eigenvalue weighted by molar-refractivity contribution is 0.0700. The number of pyridine rings is 1. The number of likely N-dealkylation sites (tertiary alicyclic amines) is 1. The third-order valence-electron chi connectivity index (χ3n) is 5.77. The molecule has 0 saturated carbocycles. The van der Waals surface area contributed by atoms with E-state index >= 15 is 0 Å². The Morgan fingerprint density at radius 3 is 2.86 bits per heavy atom. The summed E-state index contributed by atoms with van der Waals surface area (Å²) in [4.78, 5) is 19.7. The number of amides is 1. The van der Waals surface area contributed by atoms with Gasteiger partial charge in [-0.25, -0.2) is 4.98 Å². The number of aromatic nitrogens is 4. The van der Waals surface area contributed by atoms with E-state index < -0.39 is 0 Å². The number of rotatable bonds is 3. The Labute approximate surface area is 169 Å². The molecule has 1 atom stereocenters. The van der Waals surface area contributed by atoms with Crippen molar-refractivity contribution in [3.63, 3.8) is 0 Å². The number of imidazole rings is 1. The van der Waals surface area contributed by atoms with E-state index in [4.69, 9.17) is 0 Å². The Kier molecular flexibility index (Phi) is 4.39. The van der Waals surface area contributed by atoms with E-state index in [-0.39, 0.29) is 11.8 Å². The summed E-state index contributed by atoms with van der Waals surface area (Å²) >= 11 is 0. The molecular weight excluding hydrogens is 362 g/mol. The summed E-state index contributed by atoms with van der Waals surface area (Å²) in [7, 11) is 0. The van der Waals surface area contributed by atoms with Gasteiger partial charge in [0.05, 0.1) is 6.20 Å². The number of nitrogens with zero attached hydrogens (tertiary/aromatic N) is 4. The molecule has 4 heterocycles. The lowest BCUT2D eigenvalue weighted by Gasteiger charge is -2.32. The highest BCUT2D eigenvalue weighted by Gasteiger charge is 2.29.